The standard InChI is InChI=1S/C25H29N3O/c1-18-15-16-28(19(2)29)17-22(18)25-26(3)23(20-11-7-5-8-12-20)24(27(25)4)21-13-9-6-10-14-21/h5-18,23-25H,1-4H3/t18-,23+,24+/m1/s1. The number of amides is 1. The maximum Gasteiger partial charge on any atom is 0.227 e. The lowest BCUT2D eigenvalue weighted by molar-refractivity contribution is -0.124. The molecule has 0 aromatic heterocycles. The number of benzene rings is 2. The van der Waals surface area contributed by atoms with Crippen LogP contribution >= 0.6 is 0 Å². The van der Waals surface area contributed by atoms with Gasteiger partial charge < -0.3 is 0 Å². The van der Waals surface area contributed by atoms with E-state index in [2.05, 4.69) is 97.6 Å². The van der Waals surface area contributed by atoms with Gasteiger partial charge in [0, 0.05) is 25.2 Å². The van der Waals surface area contributed by atoms with Crippen LogP contribution in [-0.4, -0.2) is 40.9 Å². The minimum absolute atomic E-state index is 0.0353. The number of carbonyl (C=O) groups excluding carboxylic acids is 1. The van der Waals surface area contributed by atoms with Gasteiger partial charge >= 0.3 is 0 Å². The molecule has 150 valence electrons. The van der Waals surface area contributed by atoms with Crippen LogP contribution < -0.4 is 0 Å². The first-order valence-corrected chi connectivity index (χ1v) is 10.2. The molecule has 1 amide bonds. The molecule has 2 aliphatic rings. The Balaban J connectivity index is 1.79. The summed E-state index contributed by atoms with van der Waals surface area (Å²) in [5.74, 6) is 0.305. The zero-order valence-corrected chi connectivity index (χ0v) is 17.6. The van der Waals surface area contributed by atoms with E-state index < -0.39 is 0 Å². The van der Waals surface area contributed by atoms with Gasteiger partial charge in [-0.1, -0.05) is 73.7 Å². The highest BCUT2D eigenvalue weighted by molar-refractivity contribution is 5.76. The number of carbonyl (C=O) groups is 1. The molecule has 0 radical (unpaired) electrons. The Kier molecular flexibility index (Phi) is 5.39. The van der Waals surface area contributed by atoms with E-state index in [1.807, 2.05) is 12.4 Å². The number of hydrogen-bond donors (Lipinski definition) is 0. The lowest BCUT2D eigenvalue weighted by Crippen LogP contribution is -2.40. The van der Waals surface area contributed by atoms with E-state index >= 15 is 0 Å². The quantitative estimate of drug-likeness (QED) is 0.772. The number of hydrogen-bond acceptors (Lipinski definition) is 3. The van der Waals surface area contributed by atoms with Crippen molar-refractivity contribution < 1.29 is 4.79 Å². The van der Waals surface area contributed by atoms with Crippen LogP contribution in [0.3, 0.4) is 0 Å². The van der Waals surface area contributed by atoms with Crippen LogP contribution in [0.2, 0.25) is 0 Å². The summed E-state index contributed by atoms with van der Waals surface area (Å²) >= 11 is 0. The first-order chi connectivity index (χ1) is 14.0. The van der Waals surface area contributed by atoms with E-state index in [9.17, 15) is 4.79 Å². The minimum Gasteiger partial charge on any atom is -0.295 e. The van der Waals surface area contributed by atoms with Crippen LogP contribution in [0, 0.1) is 5.92 Å². The van der Waals surface area contributed by atoms with Crippen molar-refractivity contribution in [2.45, 2.75) is 32.1 Å². The van der Waals surface area contributed by atoms with Crippen LogP contribution in [0.1, 0.15) is 37.1 Å². The Morgan fingerprint density at radius 3 is 1.76 bits per heavy atom. The lowest BCUT2D eigenvalue weighted by Gasteiger charge is -2.34. The number of rotatable bonds is 3. The predicted molar refractivity (Wildman–Crippen MR) is 117 cm³/mol. The molecule has 1 fully saturated rings. The van der Waals surface area contributed by atoms with E-state index in [4.69, 9.17) is 0 Å². The second-order valence-corrected chi connectivity index (χ2v) is 8.10. The molecule has 2 aliphatic heterocycles. The number of likely N-dealkylation sites (N-methyl/N-ethyl adjacent to an activating group) is 2. The van der Waals surface area contributed by atoms with Crippen LogP contribution in [-0.2, 0) is 4.79 Å². The van der Waals surface area contributed by atoms with Crippen LogP contribution in [0.15, 0.2) is 84.7 Å². The fourth-order valence-electron chi connectivity index (χ4n) is 4.79. The number of allylic oxidation sites excluding steroid dienone is 1. The van der Waals surface area contributed by atoms with Gasteiger partial charge in [0.2, 0.25) is 5.91 Å². The predicted octanol–water partition coefficient (Wildman–Crippen LogP) is 4.57. The zero-order valence-electron chi connectivity index (χ0n) is 17.6. The van der Waals surface area contributed by atoms with Gasteiger partial charge in [-0.05, 0) is 30.8 Å². The van der Waals surface area contributed by atoms with Crippen molar-refractivity contribution in [2.24, 2.45) is 5.92 Å². The molecular formula is C25H29N3O. The fourth-order valence-corrected chi connectivity index (χ4v) is 4.79. The zero-order chi connectivity index (χ0) is 20.5. The van der Waals surface area contributed by atoms with Crippen LogP contribution in [0.25, 0.3) is 0 Å². The van der Waals surface area contributed by atoms with Crippen molar-refractivity contribution in [2.75, 3.05) is 14.1 Å². The Hall–Kier alpha value is -2.69. The topological polar surface area (TPSA) is 26.8 Å². The third-order valence-corrected chi connectivity index (χ3v) is 6.24. The molecule has 0 spiro atoms. The second kappa shape index (κ2) is 7.97. The summed E-state index contributed by atoms with van der Waals surface area (Å²) in [4.78, 5) is 18.6. The van der Waals surface area contributed by atoms with Crippen molar-refractivity contribution >= 4 is 5.91 Å². The second-order valence-electron chi connectivity index (χ2n) is 8.10. The Morgan fingerprint density at radius 1 is 0.828 bits per heavy atom. The molecule has 0 saturated carbocycles. The average molecular weight is 388 g/mol. The first kappa shape index (κ1) is 19.6. The Morgan fingerprint density at radius 2 is 1.31 bits per heavy atom. The molecule has 4 rings (SSSR count). The minimum atomic E-state index is 0.0353. The van der Waals surface area contributed by atoms with Gasteiger partial charge in [-0.15, -0.1) is 0 Å². The van der Waals surface area contributed by atoms with Gasteiger partial charge in [-0.3, -0.25) is 19.5 Å². The van der Waals surface area contributed by atoms with E-state index in [0.29, 0.717) is 0 Å². The highest BCUT2D eigenvalue weighted by Gasteiger charge is 2.47. The smallest absolute Gasteiger partial charge is 0.227 e. The summed E-state index contributed by atoms with van der Waals surface area (Å²) in [5, 5.41) is 0. The molecule has 0 unspecified atom stereocenters. The summed E-state index contributed by atoms with van der Waals surface area (Å²) < 4.78 is 0. The third kappa shape index (κ3) is 3.54. The summed E-state index contributed by atoms with van der Waals surface area (Å²) in [6.07, 6.45) is 6.13. The van der Waals surface area contributed by atoms with Crippen molar-refractivity contribution in [1.29, 1.82) is 0 Å². The fraction of sp³-hybridized carbons (Fsp3) is 0.320. The van der Waals surface area contributed by atoms with Crippen LogP contribution in [0.4, 0.5) is 0 Å². The maximum atomic E-state index is 12.0. The molecule has 0 N–H and O–H groups in total. The van der Waals surface area contributed by atoms with Crippen molar-refractivity contribution in [3.05, 3.63) is 95.8 Å². The van der Waals surface area contributed by atoms with Crippen LogP contribution in [0.5, 0.6) is 0 Å². The van der Waals surface area contributed by atoms with Gasteiger partial charge in [-0.2, -0.15) is 0 Å². The summed E-state index contributed by atoms with van der Waals surface area (Å²) in [6.45, 7) is 3.81. The summed E-state index contributed by atoms with van der Waals surface area (Å²) in [5.41, 5.74) is 3.86. The normalized spacial score (nSPS) is 26.0. The Bertz CT molecular complexity index is 870. The highest BCUT2D eigenvalue weighted by Crippen LogP contribution is 2.48. The van der Waals surface area contributed by atoms with E-state index in [1.54, 1.807) is 11.8 Å². The Labute approximate surface area is 173 Å². The molecule has 1 saturated heterocycles. The van der Waals surface area contributed by atoms with Crippen molar-refractivity contribution in [1.82, 2.24) is 14.7 Å². The largest absolute Gasteiger partial charge is 0.295 e. The van der Waals surface area contributed by atoms with Crippen molar-refractivity contribution in [3.63, 3.8) is 0 Å². The SMILES string of the molecule is CC(=O)N1C=C[C@@H](C)C(C2N(C)[C@@H](c3ccccc3)[C@H](c3ccccc3)N2C)=C1. The summed E-state index contributed by atoms with van der Waals surface area (Å²) in [6, 6.07) is 21.9. The van der Waals surface area contributed by atoms with Gasteiger partial charge in [0.15, 0.2) is 0 Å². The maximum absolute atomic E-state index is 12.0. The molecule has 0 bridgehead atoms. The lowest BCUT2D eigenvalue weighted by atomic mass is 9.93. The molecule has 4 heteroatoms. The van der Waals surface area contributed by atoms with E-state index in [0.717, 1.165) is 0 Å². The van der Waals surface area contributed by atoms with Gasteiger partial charge in [0.05, 0.1) is 18.2 Å². The monoisotopic (exact) mass is 387 g/mol. The number of nitrogens with zero attached hydrogens (tertiary/aromatic N) is 3. The highest BCUT2D eigenvalue weighted by atomic mass is 16.2. The van der Waals surface area contributed by atoms with Crippen molar-refractivity contribution in [3.8, 4) is 0 Å². The molecule has 4 nitrogen and oxygen atoms in total. The molecule has 2 heterocycles. The van der Waals surface area contributed by atoms with E-state index in [1.165, 1.54) is 16.7 Å². The molecule has 2 aromatic rings. The molecule has 2 aromatic carbocycles. The molecule has 0 aliphatic carbocycles. The first-order valence-electron chi connectivity index (χ1n) is 10.2. The third-order valence-electron chi connectivity index (χ3n) is 6.24. The molecule has 29 heavy (non-hydrogen) atoms. The average Bonchev–Trinajstić information content (AvgIpc) is 2.99. The van der Waals surface area contributed by atoms with Gasteiger partial charge in [0.1, 0.15) is 0 Å². The van der Waals surface area contributed by atoms with Gasteiger partial charge in [0.25, 0.3) is 0 Å². The van der Waals surface area contributed by atoms with Gasteiger partial charge in [-0.25, -0.2) is 0 Å². The van der Waals surface area contributed by atoms with E-state index in [-0.39, 0.29) is 30.1 Å². The molecule has 3 atom stereocenters. The summed E-state index contributed by atoms with van der Waals surface area (Å²) in [7, 11) is 4.40. The molecular weight excluding hydrogens is 358 g/mol.